The molecule has 0 saturated carbocycles. The number of aromatic nitrogens is 2. The summed E-state index contributed by atoms with van der Waals surface area (Å²) in [5.74, 6) is -0.576. The number of hydrogen-bond acceptors (Lipinski definition) is 4. The van der Waals surface area contributed by atoms with Gasteiger partial charge in [0.05, 0.1) is 18.7 Å². The lowest BCUT2D eigenvalue weighted by molar-refractivity contribution is -0.117. The van der Waals surface area contributed by atoms with E-state index in [0.29, 0.717) is 17.9 Å². The van der Waals surface area contributed by atoms with Crippen molar-refractivity contribution in [2.45, 2.75) is 19.9 Å². The normalized spacial score (nSPS) is 10.5. The van der Waals surface area contributed by atoms with Gasteiger partial charge in [0.25, 0.3) is 0 Å². The standard InChI is InChI=1S/C21H23N5O2/c1-15-10-18(25-24-15)12-21(28)23-17-8-5-9-19(11-17)26(14-20(22)27)13-16-6-3-2-4-7-16/h2-11H,12-14H2,1H3,(H2,22,27)(H,23,28)(H,24,25). The van der Waals surface area contributed by atoms with E-state index in [1.807, 2.05) is 72.5 Å². The van der Waals surface area contributed by atoms with Crippen LogP contribution in [0.1, 0.15) is 17.0 Å². The molecule has 0 aliphatic carbocycles. The van der Waals surface area contributed by atoms with E-state index in [1.54, 1.807) is 0 Å². The molecule has 3 rings (SSSR count). The largest absolute Gasteiger partial charge is 0.368 e. The Hall–Kier alpha value is -3.61. The van der Waals surface area contributed by atoms with Crippen LogP contribution in [-0.2, 0) is 22.6 Å². The highest BCUT2D eigenvalue weighted by Gasteiger charge is 2.12. The number of nitrogens with one attached hydrogen (secondary N) is 2. The zero-order valence-electron chi connectivity index (χ0n) is 15.7. The highest BCUT2D eigenvalue weighted by atomic mass is 16.2. The third-order valence-electron chi connectivity index (χ3n) is 4.16. The molecule has 1 aromatic heterocycles. The fourth-order valence-electron chi connectivity index (χ4n) is 2.95. The summed E-state index contributed by atoms with van der Waals surface area (Å²) in [6.45, 7) is 2.50. The minimum absolute atomic E-state index is 0.0822. The van der Waals surface area contributed by atoms with E-state index in [-0.39, 0.29) is 18.9 Å². The van der Waals surface area contributed by atoms with Crippen LogP contribution in [0, 0.1) is 6.92 Å². The number of nitrogens with zero attached hydrogens (tertiary/aromatic N) is 2. The molecule has 144 valence electrons. The van der Waals surface area contributed by atoms with Gasteiger partial charge in [0.2, 0.25) is 11.8 Å². The third kappa shape index (κ3) is 5.44. The Morgan fingerprint density at radius 3 is 2.57 bits per heavy atom. The van der Waals surface area contributed by atoms with Crippen LogP contribution in [0.5, 0.6) is 0 Å². The van der Waals surface area contributed by atoms with Crippen molar-refractivity contribution >= 4 is 23.2 Å². The number of rotatable bonds is 8. The number of anilines is 2. The molecule has 0 spiro atoms. The quantitative estimate of drug-likeness (QED) is 0.561. The first-order valence-corrected chi connectivity index (χ1v) is 8.97. The predicted molar refractivity (Wildman–Crippen MR) is 109 cm³/mol. The molecule has 0 bridgehead atoms. The summed E-state index contributed by atoms with van der Waals surface area (Å²) >= 11 is 0. The Bertz CT molecular complexity index is 952. The van der Waals surface area contributed by atoms with Crippen LogP contribution in [0.3, 0.4) is 0 Å². The molecule has 3 aromatic rings. The van der Waals surface area contributed by atoms with Crippen molar-refractivity contribution in [3.8, 4) is 0 Å². The Morgan fingerprint density at radius 1 is 1.11 bits per heavy atom. The van der Waals surface area contributed by atoms with E-state index in [4.69, 9.17) is 5.73 Å². The van der Waals surface area contributed by atoms with Crippen LogP contribution < -0.4 is 16.0 Å². The number of aryl methyl sites for hydroxylation is 1. The van der Waals surface area contributed by atoms with Gasteiger partial charge in [0.1, 0.15) is 0 Å². The molecular weight excluding hydrogens is 354 g/mol. The smallest absolute Gasteiger partial charge is 0.236 e. The second-order valence-electron chi connectivity index (χ2n) is 6.63. The summed E-state index contributed by atoms with van der Waals surface area (Å²) in [5.41, 5.74) is 9.54. The van der Waals surface area contributed by atoms with Gasteiger partial charge in [-0.2, -0.15) is 5.10 Å². The van der Waals surface area contributed by atoms with E-state index < -0.39 is 5.91 Å². The van der Waals surface area contributed by atoms with Crippen molar-refractivity contribution in [3.63, 3.8) is 0 Å². The average molecular weight is 377 g/mol. The van der Waals surface area contributed by atoms with E-state index in [1.165, 1.54) is 0 Å². The number of benzene rings is 2. The van der Waals surface area contributed by atoms with Gasteiger partial charge in [-0.1, -0.05) is 36.4 Å². The second-order valence-corrected chi connectivity index (χ2v) is 6.63. The van der Waals surface area contributed by atoms with Crippen molar-refractivity contribution in [3.05, 3.63) is 77.6 Å². The summed E-state index contributed by atoms with van der Waals surface area (Å²) in [6, 6.07) is 19.0. The monoisotopic (exact) mass is 377 g/mol. The van der Waals surface area contributed by atoms with Crippen LogP contribution >= 0.6 is 0 Å². The number of amides is 2. The molecule has 2 aromatic carbocycles. The molecule has 1 heterocycles. The highest BCUT2D eigenvalue weighted by molar-refractivity contribution is 5.92. The minimum atomic E-state index is -0.417. The van der Waals surface area contributed by atoms with Crippen LogP contribution in [0.15, 0.2) is 60.7 Å². The van der Waals surface area contributed by atoms with Crippen LogP contribution in [0.2, 0.25) is 0 Å². The first-order valence-electron chi connectivity index (χ1n) is 8.97. The average Bonchev–Trinajstić information content (AvgIpc) is 3.06. The minimum Gasteiger partial charge on any atom is -0.368 e. The summed E-state index contributed by atoms with van der Waals surface area (Å²) in [6.07, 6.45) is 0.184. The lowest BCUT2D eigenvalue weighted by Gasteiger charge is -2.24. The van der Waals surface area contributed by atoms with Gasteiger partial charge in [-0.05, 0) is 36.8 Å². The number of primary amides is 1. The maximum Gasteiger partial charge on any atom is 0.236 e. The van der Waals surface area contributed by atoms with Crippen LogP contribution in [0.25, 0.3) is 0 Å². The molecule has 0 saturated heterocycles. The van der Waals surface area contributed by atoms with Gasteiger partial charge in [-0.25, -0.2) is 0 Å². The van der Waals surface area contributed by atoms with Gasteiger partial charge < -0.3 is 16.0 Å². The lowest BCUT2D eigenvalue weighted by atomic mass is 10.2. The summed E-state index contributed by atoms with van der Waals surface area (Å²) in [7, 11) is 0. The predicted octanol–water partition coefficient (Wildman–Crippen LogP) is 2.39. The van der Waals surface area contributed by atoms with Crippen LogP contribution in [-0.4, -0.2) is 28.6 Å². The van der Waals surface area contributed by atoms with E-state index in [2.05, 4.69) is 15.5 Å². The zero-order valence-corrected chi connectivity index (χ0v) is 15.7. The summed E-state index contributed by atoms with van der Waals surface area (Å²) in [4.78, 5) is 25.7. The number of aromatic amines is 1. The molecule has 4 N–H and O–H groups in total. The third-order valence-corrected chi connectivity index (χ3v) is 4.16. The fraction of sp³-hybridized carbons (Fsp3) is 0.190. The SMILES string of the molecule is Cc1cc(CC(=O)Nc2cccc(N(CC(N)=O)Cc3ccccc3)c2)n[nH]1. The Morgan fingerprint density at radius 2 is 1.89 bits per heavy atom. The number of H-pyrrole nitrogens is 1. The Labute approximate surface area is 163 Å². The van der Waals surface area contributed by atoms with Crippen molar-refractivity contribution < 1.29 is 9.59 Å². The number of carbonyl (C=O) groups excluding carboxylic acids is 2. The van der Waals surface area contributed by atoms with Gasteiger partial charge >= 0.3 is 0 Å². The van der Waals surface area contributed by atoms with Gasteiger partial charge in [0, 0.05) is 23.6 Å². The van der Waals surface area contributed by atoms with Crippen LogP contribution in [0.4, 0.5) is 11.4 Å². The maximum absolute atomic E-state index is 12.3. The Balaban J connectivity index is 1.73. The second kappa shape index (κ2) is 8.85. The molecule has 2 amide bonds. The van der Waals surface area contributed by atoms with E-state index >= 15 is 0 Å². The topological polar surface area (TPSA) is 104 Å². The van der Waals surface area contributed by atoms with Gasteiger partial charge in [-0.3, -0.25) is 14.7 Å². The molecule has 0 fully saturated rings. The molecule has 28 heavy (non-hydrogen) atoms. The van der Waals surface area contributed by atoms with Crippen molar-refractivity contribution in [1.29, 1.82) is 0 Å². The molecule has 0 aliphatic rings. The zero-order chi connectivity index (χ0) is 19.9. The van der Waals surface area contributed by atoms with Gasteiger partial charge in [-0.15, -0.1) is 0 Å². The number of hydrogen-bond donors (Lipinski definition) is 3. The molecule has 0 atom stereocenters. The lowest BCUT2D eigenvalue weighted by Crippen LogP contribution is -2.33. The van der Waals surface area contributed by atoms with E-state index in [9.17, 15) is 9.59 Å². The maximum atomic E-state index is 12.3. The number of nitrogens with two attached hydrogens (primary N) is 1. The van der Waals surface area contributed by atoms with Crippen molar-refractivity contribution in [2.75, 3.05) is 16.8 Å². The first kappa shape index (κ1) is 19.2. The van der Waals surface area contributed by atoms with E-state index in [0.717, 1.165) is 16.9 Å². The highest BCUT2D eigenvalue weighted by Crippen LogP contribution is 2.21. The Kier molecular flexibility index (Phi) is 6.06. The first-order chi connectivity index (χ1) is 13.5. The number of carbonyl (C=O) groups is 2. The summed E-state index contributed by atoms with van der Waals surface area (Å²) in [5, 5.41) is 9.78. The molecule has 0 aliphatic heterocycles. The fourth-order valence-corrected chi connectivity index (χ4v) is 2.95. The van der Waals surface area contributed by atoms with Gasteiger partial charge in [0.15, 0.2) is 0 Å². The molecule has 7 heteroatoms. The molecule has 7 nitrogen and oxygen atoms in total. The summed E-state index contributed by atoms with van der Waals surface area (Å²) < 4.78 is 0. The van der Waals surface area contributed by atoms with Crippen molar-refractivity contribution in [2.24, 2.45) is 5.73 Å². The molecular formula is C21H23N5O2. The van der Waals surface area contributed by atoms with Crippen molar-refractivity contribution in [1.82, 2.24) is 10.2 Å². The molecule has 0 radical (unpaired) electrons. The molecule has 0 unspecified atom stereocenters.